The second-order valence-corrected chi connectivity index (χ2v) is 1.17. The first-order chi connectivity index (χ1) is 3.70. The van der Waals surface area contributed by atoms with Crippen molar-refractivity contribution in [2.24, 2.45) is 10.8 Å². The van der Waals surface area contributed by atoms with Crippen LogP contribution >= 0.6 is 0 Å². The van der Waals surface area contributed by atoms with E-state index in [1.165, 1.54) is 0 Å². The van der Waals surface area contributed by atoms with Gasteiger partial charge >= 0.3 is 0 Å². The van der Waals surface area contributed by atoms with Gasteiger partial charge in [-0.1, -0.05) is 4.48 Å². The lowest BCUT2D eigenvalue weighted by molar-refractivity contribution is -0.297. The minimum absolute atomic E-state index is 0.507. The van der Waals surface area contributed by atoms with Crippen molar-refractivity contribution in [2.45, 2.75) is 6.36 Å². The minimum atomic E-state index is -1.93. The van der Waals surface area contributed by atoms with E-state index in [9.17, 15) is 8.87 Å². The van der Waals surface area contributed by atoms with E-state index >= 15 is 0 Å². The molecule has 0 aromatic heterocycles. The molecule has 6 heteroatoms. The molecule has 0 amide bonds. The van der Waals surface area contributed by atoms with Gasteiger partial charge in [-0.05, 0) is 0 Å². The van der Waals surface area contributed by atoms with E-state index in [2.05, 4.69) is 9.94 Å². The number of alkyl halides is 1. The molecule has 46 valence electrons. The summed E-state index contributed by atoms with van der Waals surface area (Å²) in [7, 11) is 0. The van der Waals surface area contributed by atoms with Gasteiger partial charge in [0.1, 0.15) is 0 Å². The number of amidine groups is 1. The van der Waals surface area contributed by atoms with Crippen LogP contribution in [0.15, 0.2) is 5.10 Å². The zero-order valence-corrected chi connectivity index (χ0v) is 3.71. The summed E-state index contributed by atoms with van der Waals surface area (Å²) < 4.78 is 23.3. The predicted octanol–water partition coefficient (Wildman–Crippen LogP) is -0.314. The zero-order valence-electron chi connectivity index (χ0n) is 3.71. The summed E-state index contributed by atoms with van der Waals surface area (Å²) in [5.74, 6) is -0.507. The molecule has 0 fully saturated rings. The van der Waals surface area contributed by atoms with Crippen molar-refractivity contribution in [1.82, 2.24) is 5.39 Å². The monoisotopic (exact) mass is 123 g/mol. The van der Waals surface area contributed by atoms with Crippen molar-refractivity contribution in [3.8, 4) is 0 Å². The molecule has 0 aromatic carbocycles. The van der Waals surface area contributed by atoms with Crippen LogP contribution in [0.1, 0.15) is 0 Å². The second-order valence-electron chi connectivity index (χ2n) is 1.17. The first kappa shape index (κ1) is 5.23. The molecule has 0 bridgehead atoms. The normalized spacial score (nSPS) is 28.5. The quantitative estimate of drug-likeness (QED) is 0.449. The number of nitrogens with zero attached hydrogens (tertiary/aromatic N) is 2. The number of hydrogen-bond acceptors (Lipinski definition) is 4. The average molecular weight is 123 g/mol. The van der Waals surface area contributed by atoms with E-state index in [1.807, 2.05) is 0 Å². The van der Waals surface area contributed by atoms with Crippen molar-refractivity contribution >= 4 is 5.84 Å². The smallest absolute Gasteiger partial charge is 0.287 e. The zero-order chi connectivity index (χ0) is 6.15. The molecular formula is C2H3F2N3O. The fraction of sp³-hybridized carbons (Fsp3) is 0.500. The third-order valence-electron chi connectivity index (χ3n) is 0.606. The van der Waals surface area contributed by atoms with Gasteiger partial charge in [0.05, 0.1) is 0 Å². The van der Waals surface area contributed by atoms with Gasteiger partial charge in [-0.25, -0.2) is 4.39 Å². The van der Waals surface area contributed by atoms with E-state index in [-0.39, 0.29) is 0 Å². The molecule has 1 atom stereocenters. The maximum atomic E-state index is 11.8. The van der Waals surface area contributed by atoms with Gasteiger partial charge in [0, 0.05) is 5.39 Å². The van der Waals surface area contributed by atoms with Gasteiger partial charge < -0.3 is 5.73 Å². The standard InChI is InChI=1S/C2H3F2N3O/c3-1-2(5)6-7(4)8-1/h1H,(H2,5,6). The Labute approximate surface area is 43.4 Å². The molecular weight excluding hydrogens is 120 g/mol. The minimum Gasteiger partial charge on any atom is -0.381 e. The lowest BCUT2D eigenvalue weighted by Crippen LogP contribution is -2.21. The molecule has 1 aliphatic rings. The maximum Gasteiger partial charge on any atom is 0.287 e. The summed E-state index contributed by atoms with van der Waals surface area (Å²) in [4.78, 5) is 3.64. The lowest BCUT2D eigenvalue weighted by atomic mass is 10.6. The first-order valence-electron chi connectivity index (χ1n) is 1.81. The van der Waals surface area contributed by atoms with Gasteiger partial charge in [-0.3, -0.25) is 0 Å². The highest BCUT2D eigenvalue weighted by molar-refractivity contribution is 5.83. The molecule has 8 heavy (non-hydrogen) atoms. The molecule has 1 unspecified atom stereocenters. The van der Waals surface area contributed by atoms with Gasteiger partial charge in [0.2, 0.25) is 0 Å². The molecule has 1 heterocycles. The van der Waals surface area contributed by atoms with Gasteiger partial charge in [-0.2, -0.15) is 4.84 Å². The van der Waals surface area contributed by atoms with Crippen LogP contribution in [0.4, 0.5) is 8.87 Å². The van der Waals surface area contributed by atoms with E-state index in [0.717, 1.165) is 0 Å². The Balaban J connectivity index is 2.59. The van der Waals surface area contributed by atoms with E-state index in [4.69, 9.17) is 5.73 Å². The highest BCUT2D eigenvalue weighted by Crippen LogP contribution is 2.08. The number of rotatable bonds is 0. The topological polar surface area (TPSA) is 50.8 Å². The molecule has 0 spiro atoms. The van der Waals surface area contributed by atoms with E-state index in [1.54, 1.807) is 0 Å². The Bertz CT molecular complexity index is 126. The molecule has 0 saturated carbocycles. The molecule has 0 radical (unpaired) electrons. The molecule has 0 saturated heterocycles. The number of hydrazone groups is 1. The van der Waals surface area contributed by atoms with Crippen molar-refractivity contribution in [2.75, 3.05) is 0 Å². The van der Waals surface area contributed by atoms with Crippen molar-refractivity contribution in [1.29, 1.82) is 0 Å². The number of halogens is 2. The third kappa shape index (κ3) is 0.692. The summed E-state index contributed by atoms with van der Waals surface area (Å²) in [6, 6.07) is 0. The molecule has 2 N–H and O–H groups in total. The van der Waals surface area contributed by atoms with Crippen LogP contribution in [0.3, 0.4) is 0 Å². The maximum absolute atomic E-state index is 11.8. The van der Waals surface area contributed by atoms with Crippen molar-refractivity contribution in [3.63, 3.8) is 0 Å². The summed E-state index contributed by atoms with van der Waals surface area (Å²) in [6.07, 6.45) is -1.93. The van der Waals surface area contributed by atoms with Crippen molar-refractivity contribution < 1.29 is 13.7 Å². The summed E-state index contributed by atoms with van der Waals surface area (Å²) in [6.45, 7) is 0. The van der Waals surface area contributed by atoms with E-state index in [0.29, 0.717) is 0 Å². The van der Waals surface area contributed by atoms with Crippen LogP contribution < -0.4 is 5.73 Å². The SMILES string of the molecule is NC1=NN(F)OC1F. The third-order valence-corrected chi connectivity index (χ3v) is 0.606. The fourth-order valence-electron chi connectivity index (χ4n) is 0.290. The highest BCUT2D eigenvalue weighted by Gasteiger charge is 2.24. The number of hydrogen-bond donors (Lipinski definition) is 1. The van der Waals surface area contributed by atoms with Gasteiger partial charge in [0.15, 0.2) is 5.84 Å². The van der Waals surface area contributed by atoms with Gasteiger partial charge in [-0.15, -0.1) is 5.10 Å². The van der Waals surface area contributed by atoms with Crippen LogP contribution in [0.2, 0.25) is 0 Å². The summed E-state index contributed by atoms with van der Waals surface area (Å²) in [5, 5.41) is 2.22. The summed E-state index contributed by atoms with van der Waals surface area (Å²) in [5.41, 5.74) is 4.74. The van der Waals surface area contributed by atoms with Crippen LogP contribution in [0.25, 0.3) is 0 Å². The largest absolute Gasteiger partial charge is 0.381 e. The molecule has 1 aliphatic heterocycles. The second kappa shape index (κ2) is 1.55. The van der Waals surface area contributed by atoms with Crippen molar-refractivity contribution in [3.05, 3.63) is 0 Å². The van der Waals surface area contributed by atoms with Crippen LogP contribution in [0.5, 0.6) is 0 Å². The Hall–Kier alpha value is -0.910. The summed E-state index contributed by atoms with van der Waals surface area (Å²) >= 11 is 0. The highest BCUT2D eigenvalue weighted by atomic mass is 19.2. The van der Waals surface area contributed by atoms with Crippen LogP contribution in [0, 0.1) is 0 Å². The Morgan fingerprint density at radius 2 is 2.50 bits per heavy atom. The van der Waals surface area contributed by atoms with Crippen LogP contribution in [-0.4, -0.2) is 17.6 Å². The Kier molecular flexibility index (Phi) is 1.01. The first-order valence-corrected chi connectivity index (χ1v) is 1.81. The molecule has 0 aromatic rings. The van der Waals surface area contributed by atoms with E-state index < -0.39 is 17.6 Å². The van der Waals surface area contributed by atoms with Gasteiger partial charge in [0.25, 0.3) is 6.36 Å². The van der Waals surface area contributed by atoms with Crippen LogP contribution in [-0.2, 0) is 4.84 Å². The molecule has 4 nitrogen and oxygen atoms in total. The average Bonchev–Trinajstić information content (AvgIpc) is 1.85. The number of nitrogens with two attached hydrogens (primary N) is 1. The molecule has 0 aliphatic carbocycles. The lowest BCUT2D eigenvalue weighted by Gasteiger charge is -1.95. The predicted molar refractivity (Wildman–Crippen MR) is 20.6 cm³/mol. The fourth-order valence-corrected chi connectivity index (χ4v) is 0.290. The Morgan fingerprint density at radius 1 is 1.88 bits per heavy atom. The molecule has 1 rings (SSSR count). The Morgan fingerprint density at radius 3 is 2.62 bits per heavy atom.